The van der Waals surface area contributed by atoms with E-state index in [-0.39, 0.29) is 0 Å². The molecule has 12 aromatic rings. The Kier molecular flexibility index (Phi) is 10.1. The van der Waals surface area contributed by atoms with Crippen molar-refractivity contribution in [2.24, 2.45) is 0 Å². The fourth-order valence-corrected chi connectivity index (χ4v) is 10.0. The number of para-hydroxylation sites is 2. The second-order valence-electron chi connectivity index (χ2n) is 17.2. The van der Waals surface area contributed by atoms with Gasteiger partial charge in [-0.15, -0.1) is 6.42 Å². The molecule has 0 amide bonds. The fraction of sp³-hybridized carbons (Fsp3) is 0.0154. The Hall–Kier alpha value is -9.10. The van der Waals surface area contributed by atoms with E-state index in [1.54, 1.807) is 0 Å². The standard InChI is InChI=1S/C65H44N2O/c1-3-51(40-33-44(2)45-17-5-4-6-18-45)66(52-41-38-47(39-42-52)46-34-36-49(37-35-46)55-26-14-20-48-19-7-8-23-54(48)55)53-22-13-21-50(43-53)56-27-15-29-60-64(56)57-24-9-11-28-59(57)67(60)61-30-16-32-63-65(61)58-25-10-12-31-62(58)68-63/h1,4-43H,2H3/b44-33+,51-40+. The Morgan fingerprint density at radius 1 is 0.471 bits per heavy atom. The number of hydrogen-bond acceptors (Lipinski definition) is 2. The van der Waals surface area contributed by atoms with Crippen LogP contribution in [-0.4, -0.2) is 4.57 Å². The number of terminal acetylenes is 1. The highest BCUT2D eigenvalue weighted by molar-refractivity contribution is 6.18. The normalized spacial score (nSPS) is 12.1. The van der Waals surface area contributed by atoms with E-state index in [0.717, 1.165) is 89.1 Å². The second kappa shape index (κ2) is 17.0. The van der Waals surface area contributed by atoms with Crippen LogP contribution in [0, 0.1) is 12.3 Å². The SMILES string of the molecule is C#C/C(=C\C=C(/C)c1ccccc1)N(c1ccc(-c2ccc(-c3cccc4ccccc34)cc2)cc1)c1cccc(-c2cccc3c2c2ccccc2n3-c2cccc3oc4ccccc4c23)c1. The highest BCUT2D eigenvalue weighted by atomic mass is 16.3. The predicted molar refractivity (Wildman–Crippen MR) is 287 cm³/mol. The van der Waals surface area contributed by atoms with E-state index in [4.69, 9.17) is 10.8 Å². The van der Waals surface area contributed by atoms with Crippen molar-refractivity contribution in [2.45, 2.75) is 6.92 Å². The molecule has 0 unspecified atom stereocenters. The third-order valence-electron chi connectivity index (χ3n) is 13.3. The maximum absolute atomic E-state index is 6.50. The van der Waals surface area contributed by atoms with Crippen molar-refractivity contribution in [3.05, 3.63) is 254 Å². The van der Waals surface area contributed by atoms with Gasteiger partial charge in [-0.05, 0) is 123 Å². The number of nitrogens with zero attached hydrogens (tertiary/aromatic N) is 2. The van der Waals surface area contributed by atoms with Gasteiger partial charge in [-0.25, -0.2) is 0 Å². The molecule has 0 fully saturated rings. The van der Waals surface area contributed by atoms with Gasteiger partial charge in [0.2, 0.25) is 0 Å². The van der Waals surface area contributed by atoms with E-state index in [1.165, 1.54) is 32.7 Å². The van der Waals surface area contributed by atoms with E-state index in [2.05, 4.69) is 247 Å². The Balaban J connectivity index is 0.971. The molecule has 68 heavy (non-hydrogen) atoms. The van der Waals surface area contributed by atoms with Crippen LogP contribution in [0.3, 0.4) is 0 Å². The first kappa shape index (κ1) is 40.4. The minimum atomic E-state index is 0.722. The summed E-state index contributed by atoms with van der Waals surface area (Å²) in [6.45, 7) is 2.12. The van der Waals surface area contributed by atoms with Crippen LogP contribution in [0.15, 0.2) is 253 Å². The number of benzene rings is 10. The van der Waals surface area contributed by atoms with Gasteiger partial charge < -0.3 is 13.9 Å². The zero-order chi connectivity index (χ0) is 45.6. The molecule has 0 radical (unpaired) electrons. The lowest BCUT2D eigenvalue weighted by atomic mass is 9.96. The average Bonchev–Trinajstić information content (AvgIpc) is 3.96. The van der Waals surface area contributed by atoms with Crippen molar-refractivity contribution in [1.29, 1.82) is 0 Å². The van der Waals surface area contributed by atoms with Crippen molar-refractivity contribution in [3.8, 4) is 51.4 Å². The lowest BCUT2D eigenvalue weighted by molar-refractivity contribution is 0.669. The molecule has 0 aliphatic carbocycles. The smallest absolute Gasteiger partial charge is 0.137 e. The topological polar surface area (TPSA) is 21.3 Å². The molecule has 3 nitrogen and oxygen atoms in total. The Morgan fingerprint density at radius 3 is 1.91 bits per heavy atom. The summed E-state index contributed by atoms with van der Waals surface area (Å²) < 4.78 is 8.78. The van der Waals surface area contributed by atoms with Crippen LogP contribution in [0.1, 0.15) is 12.5 Å². The molecule has 0 saturated carbocycles. The molecule has 320 valence electrons. The summed E-state index contributed by atoms with van der Waals surface area (Å²) in [6, 6.07) is 81.8. The third-order valence-corrected chi connectivity index (χ3v) is 13.3. The fourth-order valence-electron chi connectivity index (χ4n) is 10.0. The van der Waals surface area contributed by atoms with Gasteiger partial charge in [0, 0.05) is 27.5 Å². The number of aromatic nitrogens is 1. The molecule has 0 aliphatic rings. The van der Waals surface area contributed by atoms with Gasteiger partial charge in [0.1, 0.15) is 11.2 Å². The number of allylic oxidation sites excluding steroid dienone is 4. The number of fused-ring (bicyclic) bond motifs is 7. The zero-order valence-corrected chi connectivity index (χ0v) is 37.5. The van der Waals surface area contributed by atoms with Gasteiger partial charge in [0.05, 0.1) is 27.8 Å². The summed E-state index contributed by atoms with van der Waals surface area (Å²) >= 11 is 0. The van der Waals surface area contributed by atoms with Gasteiger partial charge in [-0.2, -0.15) is 0 Å². The molecule has 12 rings (SSSR count). The van der Waals surface area contributed by atoms with Gasteiger partial charge in [0.25, 0.3) is 0 Å². The molecule has 2 aromatic heterocycles. The summed E-state index contributed by atoms with van der Waals surface area (Å²) in [5, 5.41) is 7.05. The van der Waals surface area contributed by atoms with Crippen LogP contribution in [0.4, 0.5) is 11.4 Å². The Bertz CT molecular complexity index is 3970. The highest BCUT2D eigenvalue weighted by Crippen LogP contribution is 2.43. The first-order valence-corrected chi connectivity index (χ1v) is 23.0. The molecule has 0 spiro atoms. The van der Waals surface area contributed by atoms with Crippen LogP contribution in [0.5, 0.6) is 0 Å². The lowest BCUT2D eigenvalue weighted by Gasteiger charge is -2.26. The second-order valence-corrected chi connectivity index (χ2v) is 17.2. The lowest BCUT2D eigenvalue weighted by Crippen LogP contribution is -2.15. The molecular formula is C65H44N2O. The van der Waals surface area contributed by atoms with Crippen LogP contribution < -0.4 is 4.90 Å². The largest absolute Gasteiger partial charge is 0.456 e. The molecule has 0 atom stereocenters. The van der Waals surface area contributed by atoms with Crippen molar-refractivity contribution < 1.29 is 4.42 Å². The average molecular weight is 869 g/mol. The van der Waals surface area contributed by atoms with E-state index >= 15 is 0 Å². The quantitative estimate of drug-likeness (QED) is 0.106. The molecule has 3 heteroatoms. The number of rotatable bonds is 9. The Labute approximate surface area is 395 Å². The van der Waals surface area contributed by atoms with Gasteiger partial charge in [-0.1, -0.05) is 188 Å². The zero-order valence-electron chi connectivity index (χ0n) is 37.5. The van der Waals surface area contributed by atoms with Crippen molar-refractivity contribution in [2.75, 3.05) is 4.90 Å². The summed E-state index contributed by atoms with van der Waals surface area (Å²) in [7, 11) is 0. The van der Waals surface area contributed by atoms with Crippen molar-refractivity contribution >= 4 is 71.5 Å². The summed E-state index contributed by atoms with van der Waals surface area (Å²) in [5.41, 5.74) is 16.9. The maximum atomic E-state index is 6.50. The van der Waals surface area contributed by atoms with Crippen LogP contribution in [0.25, 0.3) is 99.2 Å². The van der Waals surface area contributed by atoms with E-state index in [0.29, 0.717) is 0 Å². The maximum Gasteiger partial charge on any atom is 0.137 e. The number of furan rings is 1. The third kappa shape index (κ3) is 7.04. The summed E-state index contributed by atoms with van der Waals surface area (Å²) in [6.07, 6.45) is 10.7. The van der Waals surface area contributed by atoms with Gasteiger partial charge >= 0.3 is 0 Å². The molecule has 10 aromatic carbocycles. The van der Waals surface area contributed by atoms with Crippen LogP contribution in [-0.2, 0) is 0 Å². The summed E-state index contributed by atoms with van der Waals surface area (Å²) in [4.78, 5) is 2.19. The molecule has 0 saturated heterocycles. The highest BCUT2D eigenvalue weighted by Gasteiger charge is 2.21. The van der Waals surface area contributed by atoms with Crippen molar-refractivity contribution in [1.82, 2.24) is 4.57 Å². The number of hydrogen-bond donors (Lipinski definition) is 0. The molecule has 0 N–H and O–H groups in total. The first-order chi connectivity index (χ1) is 33.6. The molecular weight excluding hydrogens is 825 g/mol. The van der Waals surface area contributed by atoms with E-state index in [9.17, 15) is 0 Å². The molecule has 0 bridgehead atoms. The van der Waals surface area contributed by atoms with Gasteiger partial charge in [-0.3, -0.25) is 0 Å². The first-order valence-electron chi connectivity index (χ1n) is 23.0. The molecule has 0 aliphatic heterocycles. The summed E-state index contributed by atoms with van der Waals surface area (Å²) in [5.74, 6) is 3.08. The van der Waals surface area contributed by atoms with Gasteiger partial charge in [0.15, 0.2) is 0 Å². The van der Waals surface area contributed by atoms with Crippen LogP contribution >= 0.6 is 0 Å². The minimum Gasteiger partial charge on any atom is -0.456 e. The van der Waals surface area contributed by atoms with Crippen molar-refractivity contribution in [3.63, 3.8) is 0 Å². The minimum absolute atomic E-state index is 0.722. The monoisotopic (exact) mass is 868 g/mol. The Morgan fingerprint density at radius 2 is 1.09 bits per heavy atom. The molecule has 2 heterocycles. The predicted octanol–water partition coefficient (Wildman–Crippen LogP) is 17.6. The number of anilines is 2. The van der Waals surface area contributed by atoms with Crippen LogP contribution in [0.2, 0.25) is 0 Å². The van der Waals surface area contributed by atoms with E-state index in [1.807, 2.05) is 18.2 Å². The van der Waals surface area contributed by atoms with E-state index < -0.39 is 0 Å².